The lowest BCUT2D eigenvalue weighted by atomic mass is 10.2. The summed E-state index contributed by atoms with van der Waals surface area (Å²) < 4.78 is 10.7. The third-order valence-electron chi connectivity index (χ3n) is 2.93. The second-order valence-electron chi connectivity index (χ2n) is 4.33. The molecule has 0 aliphatic carbocycles. The van der Waals surface area contributed by atoms with E-state index in [-0.39, 0.29) is 18.0 Å². The lowest BCUT2D eigenvalue weighted by molar-refractivity contribution is -0.386. The molecule has 0 N–H and O–H groups in total. The van der Waals surface area contributed by atoms with E-state index in [0.717, 1.165) is 16.9 Å². The SMILES string of the molecule is COc1ccc(COc2cc(CBr)ccc2[N+](=O)[O-])cc1. The van der Waals surface area contributed by atoms with E-state index < -0.39 is 4.92 Å². The molecular formula is C15H14BrNO4. The number of ether oxygens (including phenoxy) is 2. The first-order valence-electron chi connectivity index (χ1n) is 6.23. The predicted octanol–water partition coefficient (Wildman–Crippen LogP) is 4.08. The molecule has 0 aliphatic heterocycles. The van der Waals surface area contributed by atoms with Gasteiger partial charge in [-0.2, -0.15) is 0 Å². The number of methoxy groups -OCH3 is 1. The van der Waals surface area contributed by atoms with E-state index >= 15 is 0 Å². The van der Waals surface area contributed by atoms with Gasteiger partial charge in [0.15, 0.2) is 5.75 Å². The molecule has 0 bridgehead atoms. The fourth-order valence-corrected chi connectivity index (χ4v) is 2.14. The van der Waals surface area contributed by atoms with Crippen LogP contribution < -0.4 is 9.47 Å². The summed E-state index contributed by atoms with van der Waals surface area (Å²) in [7, 11) is 1.60. The van der Waals surface area contributed by atoms with Gasteiger partial charge in [0.2, 0.25) is 0 Å². The van der Waals surface area contributed by atoms with Crippen molar-refractivity contribution in [2.75, 3.05) is 7.11 Å². The summed E-state index contributed by atoms with van der Waals surface area (Å²) in [6.45, 7) is 0.260. The van der Waals surface area contributed by atoms with Crippen LogP contribution in [0.2, 0.25) is 0 Å². The molecule has 0 heterocycles. The second-order valence-corrected chi connectivity index (χ2v) is 4.89. The molecule has 0 fully saturated rings. The normalized spacial score (nSPS) is 10.2. The molecule has 21 heavy (non-hydrogen) atoms. The number of nitro groups is 1. The van der Waals surface area contributed by atoms with Crippen molar-refractivity contribution in [1.29, 1.82) is 0 Å². The molecule has 0 atom stereocenters. The fourth-order valence-electron chi connectivity index (χ4n) is 1.79. The highest BCUT2D eigenvalue weighted by atomic mass is 79.9. The minimum Gasteiger partial charge on any atom is -0.497 e. The monoisotopic (exact) mass is 351 g/mol. The Balaban J connectivity index is 2.15. The van der Waals surface area contributed by atoms with Gasteiger partial charge in [0.1, 0.15) is 12.4 Å². The highest BCUT2D eigenvalue weighted by molar-refractivity contribution is 9.08. The molecule has 0 aromatic heterocycles. The lowest BCUT2D eigenvalue weighted by Crippen LogP contribution is -2.00. The molecule has 0 amide bonds. The second kappa shape index (κ2) is 7.08. The molecule has 0 spiro atoms. The minimum absolute atomic E-state index is 0.0341. The number of hydrogen-bond acceptors (Lipinski definition) is 4. The van der Waals surface area contributed by atoms with Crippen LogP contribution in [0.15, 0.2) is 42.5 Å². The van der Waals surface area contributed by atoms with Gasteiger partial charge in [0.05, 0.1) is 12.0 Å². The quantitative estimate of drug-likeness (QED) is 0.447. The fraction of sp³-hybridized carbons (Fsp3) is 0.200. The van der Waals surface area contributed by atoms with Crippen LogP contribution in [0, 0.1) is 10.1 Å². The van der Waals surface area contributed by atoms with Gasteiger partial charge >= 0.3 is 5.69 Å². The van der Waals surface area contributed by atoms with Crippen LogP contribution in [-0.2, 0) is 11.9 Å². The summed E-state index contributed by atoms with van der Waals surface area (Å²) >= 11 is 3.33. The Hall–Kier alpha value is -2.08. The van der Waals surface area contributed by atoms with E-state index in [1.165, 1.54) is 6.07 Å². The van der Waals surface area contributed by atoms with Crippen molar-refractivity contribution in [3.8, 4) is 11.5 Å². The van der Waals surface area contributed by atoms with Crippen molar-refractivity contribution in [1.82, 2.24) is 0 Å². The van der Waals surface area contributed by atoms with Crippen LogP contribution in [-0.4, -0.2) is 12.0 Å². The summed E-state index contributed by atoms with van der Waals surface area (Å²) in [5.74, 6) is 1.03. The maximum atomic E-state index is 11.0. The van der Waals surface area contributed by atoms with Gasteiger partial charge in [-0.05, 0) is 29.3 Å². The molecule has 0 saturated heterocycles. The topological polar surface area (TPSA) is 61.6 Å². The molecule has 110 valence electrons. The van der Waals surface area contributed by atoms with Crippen molar-refractivity contribution in [3.63, 3.8) is 0 Å². The van der Waals surface area contributed by atoms with Gasteiger partial charge in [-0.25, -0.2) is 0 Å². The number of alkyl halides is 1. The van der Waals surface area contributed by atoms with Crippen LogP contribution in [0.25, 0.3) is 0 Å². The lowest BCUT2D eigenvalue weighted by Gasteiger charge is -2.08. The van der Waals surface area contributed by atoms with Crippen LogP contribution >= 0.6 is 15.9 Å². The van der Waals surface area contributed by atoms with Crippen LogP contribution in [0.5, 0.6) is 11.5 Å². The van der Waals surface area contributed by atoms with Crippen molar-refractivity contribution in [2.45, 2.75) is 11.9 Å². The van der Waals surface area contributed by atoms with Crippen LogP contribution in [0.4, 0.5) is 5.69 Å². The zero-order valence-corrected chi connectivity index (χ0v) is 13.0. The van der Waals surface area contributed by atoms with Gasteiger partial charge in [0.25, 0.3) is 0 Å². The molecule has 2 aromatic carbocycles. The number of hydrogen-bond donors (Lipinski definition) is 0. The van der Waals surface area contributed by atoms with Crippen molar-refractivity contribution < 1.29 is 14.4 Å². The number of benzene rings is 2. The van der Waals surface area contributed by atoms with E-state index in [9.17, 15) is 10.1 Å². The minimum atomic E-state index is -0.443. The van der Waals surface area contributed by atoms with E-state index in [1.54, 1.807) is 19.2 Å². The smallest absolute Gasteiger partial charge is 0.310 e. The van der Waals surface area contributed by atoms with E-state index in [0.29, 0.717) is 5.33 Å². The van der Waals surface area contributed by atoms with Crippen LogP contribution in [0.1, 0.15) is 11.1 Å². The maximum absolute atomic E-state index is 11.0. The largest absolute Gasteiger partial charge is 0.497 e. The van der Waals surface area contributed by atoms with Gasteiger partial charge in [0, 0.05) is 11.4 Å². The zero-order chi connectivity index (χ0) is 15.2. The summed E-state index contributed by atoms with van der Waals surface area (Å²) in [4.78, 5) is 10.6. The Labute approximate surface area is 130 Å². The van der Waals surface area contributed by atoms with Gasteiger partial charge < -0.3 is 9.47 Å². The molecular weight excluding hydrogens is 338 g/mol. The first kappa shape index (κ1) is 15.3. The third kappa shape index (κ3) is 3.95. The Kier molecular flexibility index (Phi) is 5.16. The molecule has 0 aliphatic rings. The van der Waals surface area contributed by atoms with Gasteiger partial charge in [-0.15, -0.1) is 0 Å². The molecule has 5 nitrogen and oxygen atoms in total. The maximum Gasteiger partial charge on any atom is 0.310 e. The Morgan fingerprint density at radius 1 is 1.14 bits per heavy atom. The summed E-state index contributed by atoms with van der Waals surface area (Å²) in [6.07, 6.45) is 0. The van der Waals surface area contributed by atoms with Crippen molar-refractivity contribution >= 4 is 21.6 Å². The Morgan fingerprint density at radius 2 is 1.81 bits per heavy atom. The first-order valence-corrected chi connectivity index (χ1v) is 7.35. The average Bonchev–Trinajstić information content (AvgIpc) is 2.52. The van der Waals surface area contributed by atoms with Crippen molar-refractivity contribution in [2.24, 2.45) is 0 Å². The van der Waals surface area contributed by atoms with Crippen LogP contribution in [0.3, 0.4) is 0 Å². The molecule has 0 saturated carbocycles. The van der Waals surface area contributed by atoms with E-state index in [4.69, 9.17) is 9.47 Å². The standard InChI is InChI=1S/C15H14BrNO4/c1-20-13-5-2-11(3-6-13)10-21-15-8-12(9-16)4-7-14(15)17(18)19/h2-8H,9-10H2,1H3. The summed E-state index contributed by atoms with van der Waals surface area (Å²) in [5, 5.41) is 11.6. The molecule has 0 unspecified atom stereocenters. The Morgan fingerprint density at radius 3 is 2.38 bits per heavy atom. The number of nitro benzene ring substituents is 1. The van der Waals surface area contributed by atoms with Gasteiger partial charge in [-0.1, -0.05) is 34.1 Å². The zero-order valence-electron chi connectivity index (χ0n) is 11.4. The Bertz CT molecular complexity index is 628. The number of halogens is 1. The molecule has 2 rings (SSSR count). The summed E-state index contributed by atoms with van der Waals surface area (Å²) in [6, 6.07) is 12.2. The average molecular weight is 352 g/mol. The molecule has 6 heteroatoms. The third-order valence-corrected chi connectivity index (χ3v) is 3.58. The van der Waals surface area contributed by atoms with E-state index in [2.05, 4.69) is 15.9 Å². The first-order chi connectivity index (χ1) is 10.1. The number of rotatable bonds is 6. The summed E-state index contributed by atoms with van der Waals surface area (Å²) in [5.41, 5.74) is 1.80. The van der Waals surface area contributed by atoms with Gasteiger partial charge in [-0.3, -0.25) is 10.1 Å². The molecule has 2 aromatic rings. The highest BCUT2D eigenvalue weighted by Gasteiger charge is 2.15. The highest BCUT2D eigenvalue weighted by Crippen LogP contribution is 2.29. The predicted molar refractivity (Wildman–Crippen MR) is 83.1 cm³/mol. The van der Waals surface area contributed by atoms with E-state index in [1.807, 2.05) is 24.3 Å². The van der Waals surface area contributed by atoms with Crippen molar-refractivity contribution in [3.05, 3.63) is 63.7 Å². The number of nitrogens with zero attached hydrogens (tertiary/aromatic N) is 1. The molecule has 0 radical (unpaired) electrons.